The van der Waals surface area contributed by atoms with Crippen LogP contribution in [-0.2, 0) is 14.5 Å². The van der Waals surface area contributed by atoms with Crippen LogP contribution in [0.1, 0.15) is 0 Å². The highest BCUT2D eigenvalue weighted by Gasteiger charge is 2.17. The molecule has 0 fully saturated rings. The Labute approximate surface area is 93.2 Å². The van der Waals surface area contributed by atoms with Crippen LogP contribution in [0.3, 0.4) is 0 Å². The molecule has 1 rings (SSSR count). The number of rotatable bonds is 6. The molecule has 0 spiro atoms. The third kappa shape index (κ3) is 2.34. The fraction of sp³-hybridized carbons (Fsp3) is 0.300. The van der Waals surface area contributed by atoms with Gasteiger partial charge in [-0.1, -0.05) is 11.3 Å². The molecule has 0 atom stereocenters. The number of hydrogen-bond acceptors (Lipinski definition) is 6. The molecule has 0 aromatic heterocycles. The molecule has 0 aliphatic carbocycles. The van der Waals surface area contributed by atoms with Gasteiger partial charge in [-0.25, -0.2) is 4.84 Å². The lowest BCUT2D eigenvalue weighted by Gasteiger charge is -2.20. The van der Waals surface area contributed by atoms with Crippen molar-refractivity contribution in [2.75, 3.05) is 26.6 Å². The molecule has 0 saturated heterocycles. The topological polar surface area (TPSA) is 57.2 Å². The molecule has 0 aliphatic rings. The lowest BCUT2D eigenvalue weighted by Crippen LogP contribution is -2.22. The van der Waals surface area contributed by atoms with Crippen LogP contribution >= 0.6 is 0 Å². The van der Waals surface area contributed by atoms with Crippen molar-refractivity contribution in [3.8, 4) is 11.5 Å². The molecule has 0 N–H and O–H groups in total. The zero-order valence-corrected chi connectivity index (χ0v) is 9.30. The second-order valence-electron chi connectivity index (χ2n) is 2.65. The summed E-state index contributed by atoms with van der Waals surface area (Å²) < 4.78 is 10.3. The van der Waals surface area contributed by atoms with Crippen molar-refractivity contribution in [2.45, 2.75) is 0 Å². The van der Waals surface area contributed by atoms with Crippen LogP contribution in [-0.4, -0.2) is 27.8 Å². The molecule has 1 aromatic rings. The van der Waals surface area contributed by atoms with E-state index >= 15 is 0 Å². The number of ether oxygens (including phenoxy) is 2. The van der Waals surface area contributed by atoms with Crippen molar-refractivity contribution in [3.63, 3.8) is 0 Å². The third-order valence-corrected chi connectivity index (χ3v) is 1.88. The van der Waals surface area contributed by atoms with E-state index < -0.39 is 0 Å². The summed E-state index contributed by atoms with van der Waals surface area (Å²) >= 11 is 0. The Morgan fingerprint density at radius 1 is 1.19 bits per heavy atom. The first-order chi connectivity index (χ1) is 7.78. The van der Waals surface area contributed by atoms with E-state index in [1.165, 1.54) is 21.3 Å². The second-order valence-corrected chi connectivity index (χ2v) is 2.65. The zero-order valence-electron chi connectivity index (χ0n) is 9.30. The number of carbonyl (C=O) groups is 1. The Hall–Kier alpha value is -1.95. The van der Waals surface area contributed by atoms with Gasteiger partial charge in [0.2, 0.25) is 0 Å². The largest absolute Gasteiger partial charge is 0.493 e. The van der Waals surface area contributed by atoms with E-state index in [0.29, 0.717) is 17.2 Å². The van der Waals surface area contributed by atoms with Crippen molar-refractivity contribution in [2.24, 2.45) is 0 Å². The van der Waals surface area contributed by atoms with Crippen molar-refractivity contribution in [1.29, 1.82) is 0 Å². The smallest absolute Gasteiger partial charge is 0.323 e. The van der Waals surface area contributed by atoms with Crippen molar-refractivity contribution in [1.82, 2.24) is 0 Å². The first-order valence-corrected chi connectivity index (χ1v) is 4.44. The van der Waals surface area contributed by atoms with Gasteiger partial charge in [0, 0.05) is 0 Å². The number of nitrogens with zero attached hydrogens (tertiary/aromatic N) is 1. The van der Waals surface area contributed by atoms with Gasteiger partial charge in [0.05, 0.1) is 21.3 Å². The van der Waals surface area contributed by atoms with Crippen molar-refractivity contribution in [3.05, 3.63) is 18.2 Å². The van der Waals surface area contributed by atoms with Crippen LogP contribution in [0.4, 0.5) is 5.69 Å². The number of para-hydroxylation sites is 1. The van der Waals surface area contributed by atoms with E-state index in [2.05, 4.69) is 4.84 Å². The summed E-state index contributed by atoms with van der Waals surface area (Å²) in [6, 6.07) is 5.10. The monoisotopic (exact) mass is 227 g/mol. The van der Waals surface area contributed by atoms with Crippen LogP contribution < -0.4 is 14.7 Å². The van der Waals surface area contributed by atoms with Gasteiger partial charge in [-0.2, -0.15) is 0 Å². The molecule has 0 bridgehead atoms. The molecule has 0 unspecified atom stereocenters. The van der Waals surface area contributed by atoms with Gasteiger partial charge >= 0.3 is 6.47 Å². The fourth-order valence-corrected chi connectivity index (χ4v) is 1.25. The normalized spacial score (nSPS) is 9.44. The predicted molar refractivity (Wildman–Crippen MR) is 56.2 cm³/mol. The first-order valence-electron chi connectivity index (χ1n) is 4.44. The molecule has 16 heavy (non-hydrogen) atoms. The average Bonchev–Trinajstić information content (AvgIpc) is 2.34. The van der Waals surface area contributed by atoms with E-state index in [9.17, 15) is 4.79 Å². The van der Waals surface area contributed by atoms with Crippen LogP contribution in [0.2, 0.25) is 0 Å². The number of anilines is 1. The van der Waals surface area contributed by atoms with Gasteiger partial charge in [0.15, 0.2) is 17.2 Å². The van der Waals surface area contributed by atoms with Crippen LogP contribution in [0, 0.1) is 0 Å². The van der Waals surface area contributed by atoms with Crippen LogP contribution in [0.25, 0.3) is 0 Å². The van der Waals surface area contributed by atoms with E-state index in [1.807, 2.05) is 0 Å². The lowest BCUT2D eigenvalue weighted by atomic mass is 10.3. The number of methoxy groups -OCH3 is 2. The van der Waals surface area contributed by atoms with Gasteiger partial charge in [0.25, 0.3) is 0 Å². The number of hydrogen-bond donors (Lipinski definition) is 0. The molecule has 0 aliphatic heterocycles. The minimum Gasteiger partial charge on any atom is -0.493 e. The SMILES string of the molecule is COc1cccc(N(OC)OC=O)c1OC. The molecular weight excluding hydrogens is 214 g/mol. The standard InChI is InChI=1S/C10H13NO5/c1-13-9-6-4-5-8(10(9)14-2)11(15-3)16-7-12/h4-7H,1-3H3. The first kappa shape index (κ1) is 12.1. The molecule has 0 radical (unpaired) electrons. The summed E-state index contributed by atoms with van der Waals surface area (Å²) in [5, 5.41) is 0.925. The van der Waals surface area contributed by atoms with Gasteiger partial charge in [0.1, 0.15) is 0 Å². The highest BCUT2D eigenvalue weighted by molar-refractivity contribution is 5.63. The molecular formula is C10H13NO5. The predicted octanol–water partition coefficient (Wildman–Crippen LogP) is 1.16. The van der Waals surface area contributed by atoms with Crippen LogP contribution in [0.15, 0.2) is 18.2 Å². The van der Waals surface area contributed by atoms with E-state index in [0.717, 1.165) is 5.23 Å². The van der Waals surface area contributed by atoms with Crippen molar-refractivity contribution >= 4 is 12.2 Å². The second kappa shape index (κ2) is 5.82. The van der Waals surface area contributed by atoms with Crippen molar-refractivity contribution < 1.29 is 23.9 Å². The maximum absolute atomic E-state index is 10.3. The van der Waals surface area contributed by atoms with E-state index in [1.54, 1.807) is 18.2 Å². The van der Waals surface area contributed by atoms with Gasteiger partial charge < -0.3 is 14.3 Å². The maximum Gasteiger partial charge on any atom is 0.323 e. The van der Waals surface area contributed by atoms with Gasteiger partial charge in [-0.3, -0.25) is 4.79 Å². The Balaban J connectivity index is 3.14. The van der Waals surface area contributed by atoms with E-state index in [4.69, 9.17) is 14.3 Å². The van der Waals surface area contributed by atoms with E-state index in [-0.39, 0.29) is 6.47 Å². The zero-order chi connectivity index (χ0) is 12.0. The Kier molecular flexibility index (Phi) is 4.41. The maximum atomic E-state index is 10.3. The fourth-order valence-electron chi connectivity index (χ4n) is 1.25. The third-order valence-electron chi connectivity index (χ3n) is 1.88. The van der Waals surface area contributed by atoms with Gasteiger partial charge in [-0.05, 0) is 12.1 Å². The van der Waals surface area contributed by atoms with Crippen LogP contribution in [0.5, 0.6) is 11.5 Å². The number of carbonyl (C=O) groups excluding carboxylic acids is 1. The quantitative estimate of drug-likeness (QED) is 0.537. The summed E-state index contributed by atoms with van der Waals surface area (Å²) in [5.74, 6) is 0.922. The Morgan fingerprint density at radius 3 is 2.44 bits per heavy atom. The summed E-state index contributed by atoms with van der Waals surface area (Å²) in [6.07, 6.45) is 0. The molecule has 1 aromatic carbocycles. The molecule has 88 valence electrons. The van der Waals surface area contributed by atoms with Gasteiger partial charge in [-0.15, -0.1) is 0 Å². The molecule has 0 saturated carbocycles. The Bertz CT molecular complexity index is 355. The summed E-state index contributed by atoms with van der Waals surface area (Å²) in [4.78, 5) is 19.8. The Morgan fingerprint density at radius 2 is 1.94 bits per heavy atom. The summed E-state index contributed by atoms with van der Waals surface area (Å²) in [5.41, 5.74) is 0.427. The molecule has 6 nitrogen and oxygen atoms in total. The lowest BCUT2D eigenvalue weighted by molar-refractivity contribution is -0.144. The minimum absolute atomic E-state index is 0.252. The highest BCUT2D eigenvalue weighted by atomic mass is 17.0. The highest BCUT2D eigenvalue weighted by Crippen LogP contribution is 2.37. The average molecular weight is 227 g/mol. The molecule has 6 heteroatoms. The summed E-state index contributed by atoms with van der Waals surface area (Å²) in [7, 11) is 4.36. The number of benzene rings is 1. The molecule has 0 heterocycles. The molecule has 0 amide bonds. The summed E-state index contributed by atoms with van der Waals surface area (Å²) in [6.45, 7) is 0.252. The minimum atomic E-state index is 0.252.